The lowest BCUT2D eigenvalue weighted by atomic mass is 9.89. The Morgan fingerprint density at radius 2 is 2.11 bits per heavy atom. The van der Waals surface area contributed by atoms with Gasteiger partial charge in [-0.1, -0.05) is 0 Å². The Kier molecular flexibility index (Phi) is 2.03. The van der Waals surface area contributed by atoms with E-state index in [9.17, 15) is 8.78 Å². The molecule has 2 aliphatic heterocycles. The number of halogens is 2. The molecule has 18 heavy (non-hydrogen) atoms. The number of H-pyrrole nitrogens is 1. The van der Waals surface area contributed by atoms with Gasteiger partial charge in [0.05, 0.1) is 5.52 Å². The Hall–Kier alpha value is -1.49. The minimum atomic E-state index is -0.594. The molecule has 0 spiro atoms. The van der Waals surface area contributed by atoms with Crippen LogP contribution in [0.3, 0.4) is 0 Å². The Balaban J connectivity index is 1.80. The van der Waals surface area contributed by atoms with Crippen LogP contribution in [0.5, 0.6) is 0 Å². The number of imidazole rings is 1. The Morgan fingerprint density at radius 1 is 1.22 bits per heavy atom. The van der Waals surface area contributed by atoms with Crippen LogP contribution in [0.1, 0.15) is 31.0 Å². The highest BCUT2D eigenvalue weighted by molar-refractivity contribution is 5.76. The number of hydrogen-bond donors (Lipinski definition) is 2. The molecule has 2 fully saturated rings. The number of fused-ring (bicyclic) bond motifs is 3. The van der Waals surface area contributed by atoms with Crippen LogP contribution in [0, 0.1) is 11.6 Å². The average molecular weight is 249 g/mol. The molecule has 0 saturated carbocycles. The maximum atomic E-state index is 13.6. The van der Waals surface area contributed by atoms with E-state index in [0.717, 1.165) is 24.7 Å². The summed E-state index contributed by atoms with van der Waals surface area (Å²) in [4.78, 5) is 7.39. The molecule has 0 amide bonds. The summed E-state index contributed by atoms with van der Waals surface area (Å²) in [7, 11) is 0. The highest BCUT2D eigenvalue weighted by atomic mass is 19.1. The van der Waals surface area contributed by atoms with Crippen molar-refractivity contribution in [3.05, 3.63) is 29.6 Å². The zero-order chi connectivity index (χ0) is 12.3. The lowest BCUT2D eigenvalue weighted by molar-refractivity contribution is 0.490. The smallest absolute Gasteiger partial charge is 0.153 e. The molecule has 2 aliphatic rings. The molecule has 0 radical (unpaired) electrons. The van der Waals surface area contributed by atoms with Crippen LogP contribution in [0.2, 0.25) is 0 Å². The molecule has 94 valence electrons. The van der Waals surface area contributed by atoms with Crippen LogP contribution in [0.4, 0.5) is 8.78 Å². The highest BCUT2D eigenvalue weighted by Crippen LogP contribution is 2.39. The molecule has 3 heterocycles. The SMILES string of the molecule is Fc1cc(F)c2nc(C3CC4CCC3N4)[nH]c2c1. The summed E-state index contributed by atoms with van der Waals surface area (Å²) in [6.07, 6.45) is 3.39. The Morgan fingerprint density at radius 3 is 2.83 bits per heavy atom. The molecule has 1 aromatic carbocycles. The van der Waals surface area contributed by atoms with E-state index in [0.29, 0.717) is 23.5 Å². The number of hydrogen-bond acceptors (Lipinski definition) is 2. The van der Waals surface area contributed by atoms with Gasteiger partial charge in [0.2, 0.25) is 0 Å². The number of rotatable bonds is 1. The molecule has 0 aliphatic carbocycles. The van der Waals surface area contributed by atoms with Crippen molar-refractivity contribution < 1.29 is 8.78 Å². The number of benzene rings is 1. The first-order valence-corrected chi connectivity index (χ1v) is 6.31. The van der Waals surface area contributed by atoms with Crippen LogP contribution >= 0.6 is 0 Å². The summed E-state index contributed by atoms with van der Waals surface area (Å²) in [6, 6.07) is 3.18. The van der Waals surface area contributed by atoms with Gasteiger partial charge in [-0.05, 0) is 25.3 Å². The molecule has 2 bridgehead atoms. The van der Waals surface area contributed by atoms with Crippen molar-refractivity contribution in [2.24, 2.45) is 0 Å². The quantitative estimate of drug-likeness (QED) is 0.815. The molecule has 1 aromatic heterocycles. The molecular formula is C13H13F2N3. The van der Waals surface area contributed by atoms with Crippen molar-refractivity contribution in [2.45, 2.75) is 37.3 Å². The maximum absolute atomic E-state index is 13.6. The Labute approximate surface area is 103 Å². The molecule has 2 aromatic rings. The van der Waals surface area contributed by atoms with Gasteiger partial charge in [0.25, 0.3) is 0 Å². The second kappa shape index (κ2) is 3.51. The van der Waals surface area contributed by atoms with Gasteiger partial charge in [-0.3, -0.25) is 0 Å². The van der Waals surface area contributed by atoms with Crippen LogP contribution < -0.4 is 5.32 Å². The molecule has 3 atom stereocenters. The second-order valence-electron chi connectivity index (χ2n) is 5.30. The predicted molar refractivity (Wildman–Crippen MR) is 63.3 cm³/mol. The van der Waals surface area contributed by atoms with Gasteiger partial charge in [-0.2, -0.15) is 0 Å². The van der Waals surface area contributed by atoms with Gasteiger partial charge in [-0.25, -0.2) is 13.8 Å². The zero-order valence-electron chi connectivity index (χ0n) is 9.71. The molecule has 2 N–H and O–H groups in total. The van der Waals surface area contributed by atoms with Gasteiger partial charge in [0.15, 0.2) is 5.82 Å². The van der Waals surface area contributed by atoms with E-state index in [1.807, 2.05) is 0 Å². The van der Waals surface area contributed by atoms with Crippen LogP contribution in [0.25, 0.3) is 11.0 Å². The number of aromatic amines is 1. The predicted octanol–water partition coefficient (Wildman–Crippen LogP) is 2.45. The minimum absolute atomic E-state index is 0.245. The molecule has 2 saturated heterocycles. The van der Waals surface area contributed by atoms with Crippen LogP contribution in [-0.4, -0.2) is 22.1 Å². The van der Waals surface area contributed by atoms with Crippen molar-refractivity contribution in [1.82, 2.24) is 15.3 Å². The molecule has 4 rings (SSSR count). The summed E-state index contributed by atoms with van der Waals surface area (Å²) < 4.78 is 26.7. The van der Waals surface area contributed by atoms with E-state index in [1.165, 1.54) is 12.5 Å². The fraction of sp³-hybridized carbons (Fsp3) is 0.462. The molecule has 3 nitrogen and oxygen atoms in total. The molecule has 5 heteroatoms. The fourth-order valence-electron chi connectivity index (χ4n) is 3.36. The summed E-state index contributed by atoms with van der Waals surface area (Å²) in [5.41, 5.74) is 0.694. The third-order valence-electron chi connectivity index (χ3n) is 4.17. The van der Waals surface area contributed by atoms with Crippen molar-refractivity contribution in [1.29, 1.82) is 0 Å². The Bertz CT molecular complexity index is 622. The van der Waals surface area contributed by atoms with Crippen molar-refractivity contribution >= 4 is 11.0 Å². The summed E-state index contributed by atoms with van der Waals surface area (Å²) in [5, 5.41) is 3.52. The third kappa shape index (κ3) is 1.40. The van der Waals surface area contributed by atoms with Crippen molar-refractivity contribution in [2.75, 3.05) is 0 Å². The van der Waals surface area contributed by atoms with Gasteiger partial charge in [0, 0.05) is 24.1 Å². The van der Waals surface area contributed by atoms with E-state index in [2.05, 4.69) is 15.3 Å². The largest absolute Gasteiger partial charge is 0.342 e. The first kappa shape index (κ1) is 10.4. The van der Waals surface area contributed by atoms with E-state index in [-0.39, 0.29) is 5.52 Å². The van der Waals surface area contributed by atoms with Crippen molar-refractivity contribution in [3.8, 4) is 0 Å². The molecule has 3 unspecified atom stereocenters. The second-order valence-corrected chi connectivity index (χ2v) is 5.30. The minimum Gasteiger partial charge on any atom is -0.342 e. The summed E-state index contributed by atoms with van der Waals surface area (Å²) in [6.45, 7) is 0. The fourth-order valence-corrected chi connectivity index (χ4v) is 3.36. The standard InChI is InChI=1S/C13H13F2N3/c14-6-3-9(15)12-11(4-6)17-13(18-12)8-5-7-1-2-10(8)16-7/h3-4,7-8,10,16H,1-2,5H2,(H,17,18). The third-order valence-corrected chi connectivity index (χ3v) is 4.17. The van der Waals surface area contributed by atoms with E-state index < -0.39 is 11.6 Å². The zero-order valence-corrected chi connectivity index (χ0v) is 9.71. The topological polar surface area (TPSA) is 40.7 Å². The lowest BCUT2D eigenvalue weighted by Crippen LogP contribution is -2.22. The normalized spacial score (nSPS) is 30.4. The number of aromatic nitrogens is 2. The summed E-state index contributed by atoms with van der Waals surface area (Å²) in [5.74, 6) is -0.0716. The van der Waals surface area contributed by atoms with Crippen LogP contribution in [-0.2, 0) is 0 Å². The van der Waals surface area contributed by atoms with Gasteiger partial charge >= 0.3 is 0 Å². The monoisotopic (exact) mass is 249 g/mol. The first-order valence-electron chi connectivity index (χ1n) is 6.31. The van der Waals surface area contributed by atoms with Gasteiger partial charge in [-0.15, -0.1) is 0 Å². The van der Waals surface area contributed by atoms with E-state index in [4.69, 9.17) is 0 Å². The van der Waals surface area contributed by atoms with E-state index in [1.54, 1.807) is 0 Å². The van der Waals surface area contributed by atoms with Crippen molar-refractivity contribution in [3.63, 3.8) is 0 Å². The van der Waals surface area contributed by atoms with Crippen LogP contribution in [0.15, 0.2) is 12.1 Å². The van der Waals surface area contributed by atoms with E-state index >= 15 is 0 Å². The van der Waals surface area contributed by atoms with Gasteiger partial charge < -0.3 is 10.3 Å². The molecular weight excluding hydrogens is 236 g/mol. The summed E-state index contributed by atoms with van der Waals surface area (Å²) >= 11 is 0. The highest BCUT2D eigenvalue weighted by Gasteiger charge is 2.41. The average Bonchev–Trinajstić information content (AvgIpc) is 3.01. The number of nitrogens with zero attached hydrogens (tertiary/aromatic N) is 1. The lowest BCUT2D eigenvalue weighted by Gasteiger charge is -2.17. The maximum Gasteiger partial charge on any atom is 0.153 e. The first-order chi connectivity index (χ1) is 8.70. The number of nitrogens with one attached hydrogen (secondary N) is 2. The van der Waals surface area contributed by atoms with Gasteiger partial charge in [0.1, 0.15) is 17.2 Å².